The first-order valence-corrected chi connectivity index (χ1v) is 9.80. The van der Waals surface area contributed by atoms with Crippen LogP contribution in [0, 0.1) is 12.7 Å². The summed E-state index contributed by atoms with van der Waals surface area (Å²) in [5.74, 6) is 2.18. The molecule has 0 aliphatic heterocycles. The first-order chi connectivity index (χ1) is 14.0. The van der Waals surface area contributed by atoms with Crippen molar-refractivity contribution in [3.05, 3.63) is 65.8 Å². The number of fused-ring (bicyclic) bond motifs is 1. The van der Waals surface area contributed by atoms with Gasteiger partial charge in [-0.3, -0.25) is 0 Å². The maximum atomic E-state index is 14.7. The lowest BCUT2D eigenvalue weighted by Gasteiger charge is -2.11. The number of benzene rings is 1. The molecule has 2 atom stereocenters. The molecule has 0 amide bonds. The molecule has 7 heteroatoms. The van der Waals surface area contributed by atoms with Crippen molar-refractivity contribution in [2.45, 2.75) is 45.1 Å². The number of hydrogen-bond donors (Lipinski definition) is 0. The van der Waals surface area contributed by atoms with E-state index in [0.717, 1.165) is 28.9 Å². The zero-order valence-electron chi connectivity index (χ0n) is 16.5. The molecular formula is C22H21FN6. The smallest absolute Gasteiger partial charge is 0.197 e. The molecule has 0 N–H and O–H groups in total. The van der Waals surface area contributed by atoms with Crippen LogP contribution in [0.5, 0.6) is 0 Å². The van der Waals surface area contributed by atoms with E-state index in [9.17, 15) is 4.39 Å². The molecule has 0 radical (unpaired) electrons. The average molecular weight is 388 g/mol. The van der Waals surface area contributed by atoms with Gasteiger partial charge >= 0.3 is 0 Å². The monoisotopic (exact) mass is 388 g/mol. The molecule has 1 saturated carbocycles. The van der Waals surface area contributed by atoms with Gasteiger partial charge in [-0.05, 0) is 68.4 Å². The standard InChI is InChI=1S/C22H21FN6/c1-12(2)29-13(3)28-20-18(23)7-14(8-19(20)29)16-9-17(16)15-10-26-22(27-11-15)21-24-5-4-6-25-21/h4-8,10-12,16-17H,9H2,1-3H3. The molecule has 0 spiro atoms. The molecule has 29 heavy (non-hydrogen) atoms. The van der Waals surface area contributed by atoms with Crippen molar-refractivity contribution in [1.82, 2.24) is 29.5 Å². The summed E-state index contributed by atoms with van der Waals surface area (Å²) in [6, 6.07) is 5.72. The highest BCUT2D eigenvalue weighted by Crippen LogP contribution is 2.55. The van der Waals surface area contributed by atoms with E-state index < -0.39 is 0 Å². The summed E-state index contributed by atoms with van der Waals surface area (Å²) in [5, 5.41) is 0. The summed E-state index contributed by atoms with van der Waals surface area (Å²) in [6.45, 7) is 6.11. The molecule has 6 nitrogen and oxygen atoms in total. The van der Waals surface area contributed by atoms with E-state index in [1.54, 1.807) is 24.5 Å². The molecular weight excluding hydrogens is 367 g/mol. The van der Waals surface area contributed by atoms with E-state index in [-0.39, 0.29) is 17.8 Å². The number of hydrogen-bond acceptors (Lipinski definition) is 5. The van der Waals surface area contributed by atoms with Gasteiger partial charge in [-0.1, -0.05) is 0 Å². The minimum absolute atomic E-state index is 0.228. The predicted octanol–water partition coefficient (Wildman–Crippen LogP) is 4.58. The fourth-order valence-electron chi connectivity index (χ4n) is 4.15. The van der Waals surface area contributed by atoms with Crippen LogP contribution in [0.3, 0.4) is 0 Å². The van der Waals surface area contributed by atoms with E-state index in [4.69, 9.17) is 0 Å². The maximum absolute atomic E-state index is 14.7. The lowest BCUT2D eigenvalue weighted by molar-refractivity contribution is 0.599. The van der Waals surface area contributed by atoms with Crippen LogP contribution in [0.15, 0.2) is 43.0 Å². The number of aromatic nitrogens is 6. The van der Waals surface area contributed by atoms with Crippen LogP contribution in [-0.2, 0) is 0 Å². The quantitative estimate of drug-likeness (QED) is 0.512. The highest BCUT2D eigenvalue weighted by molar-refractivity contribution is 5.78. The van der Waals surface area contributed by atoms with Crippen molar-refractivity contribution in [1.29, 1.82) is 0 Å². The van der Waals surface area contributed by atoms with E-state index >= 15 is 0 Å². The second-order valence-electron chi connectivity index (χ2n) is 7.85. The third-order valence-electron chi connectivity index (χ3n) is 5.55. The first-order valence-electron chi connectivity index (χ1n) is 9.80. The van der Waals surface area contributed by atoms with Crippen molar-refractivity contribution >= 4 is 11.0 Å². The van der Waals surface area contributed by atoms with Crippen LogP contribution in [-0.4, -0.2) is 29.5 Å². The Morgan fingerprint density at radius 3 is 2.31 bits per heavy atom. The van der Waals surface area contributed by atoms with Crippen LogP contribution in [0.2, 0.25) is 0 Å². The number of imidazole rings is 1. The summed E-state index contributed by atoms with van der Waals surface area (Å²) in [6.07, 6.45) is 7.97. The van der Waals surface area contributed by atoms with Crippen molar-refractivity contribution in [3.63, 3.8) is 0 Å². The van der Waals surface area contributed by atoms with Crippen LogP contribution < -0.4 is 0 Å². The Labute approximate surface area is 167 Å². The molecule has 3 aromatic heterocycles. The Morgan fingerprint density at radius 2 is 1.62 bits per heavy atom. The van der Waals surface area contributed by atoms with E-state index in [1.165, 1.54) is 0 Å². The third kappa shape index (κ3) is 3.06. The van der Waals surface area contributed by atoms with Crippen molar-refractivity contribution in [3.8, 4) is 11.6 Å². The van der Waals surface area contributed by atoms with Crippen molar-refractivity contribution in [2.24, 2.45) is 0 Å². The topological polar surface area (TPSA) is 69.4 Å². The largest absolute Gasteiger partial charge is 0.326 e. The highest BCUT2D eigenvalue weighted by Gasteiger charge is 2.40. The number of rotatable bonds is 4. The molecule has 5 rings (SSSR count). The fourth-order valence-corrected chi connectivity index (χ4v) is 4.15. The van der Waals surface area contributed by atoms with Gasteiger partial charge in [-0.2, -0.15) is 0 Å². The molecule has 146 valence electrons. The second-order valence-corrected chi connectivity index (χ2v) is 7.85. The number of halogens is 1. The van der Waals surface area contributed by atoms with Gasteiger partial charge in [-0.25, -0.2) is 29.3 Å². The van der Waals surface area contributed by atoms with Crippen molar-refractivity contribution < 1.29 is 4.39 Å². The Kier molecular flexibility index (Phi) is 4.12. The first kappa shape index (κ1) is 17.8. The predicted molar refractivity (Wildman–Crippen MR) is 108 cm³/mol. The minimum Gasteiger partial charge on any atom is -0.326 e. The number of aryl methyl sites for hydroxylation is 1. The lowest BCUT2D eigenvalue weighted by Crippen LogP contribution is -2.03. The molecule has 1 aliphatic carbocycles. The SMILES string of the molecule is Cc1nc2c(F)cc(C3CC3c3cnc(-c4ncccn4)nc3)cc2n1C(C)C. The number of nitrogens with zero attached hydrogens (tertiary/aromatic N) is 6. The van der Waals surface area contributed by atoms with E-state index in [2.05, 4.69) is 49.4 Å². The van der Waals surface area contributed by atoms with Crippen LogP contribution >= 0.6 is 0 Å². The van der Waals surface area contributed by atoms with Gasteiger partial charge in [0.2, 0.25) is 0 Å². The summed E-state index contributed by atoms with van der Waals surface area (Å²) < 4.78 is 16.8. The summed E-state index contributed by atoms with van der Waals surface area (Å²) in [7, 11) is 0. The Hall–Kier alpha value is -3.22. The zero-order valence-corrected chi connectivity index (χ0v) is 16.5. The lowest BCUT2D eigenvalue weighted by atomic mass is 10.1. The van der Waals surface area contributed by atoms with Gasteiger partial charge in [-0.15, -0.1) is 0 Å². The van der Waals surface area contributed by atoms with Crippen LogP contribution in [0.1, 0.15) is 55.1 Å². The molecule has 1 aliphatic rings. The van der Waals surface area contributed by atoms with Crippen LogP contribution in [0.4, 0.5) is 4.39 Å². The van der Waals surface area contributed by atoms with E-state index in [1.807, 2.05) is 19.3 Å². The third-order valence-corrected chi connectivity index (χ3v) is 5.55. The Morgan fingerprint density at radius 1 is 0.966 bits per heavy atom. The normalized spacial score (nSPS) is 18.5. The molecule has 1 aromatic carbocycles. The average Bonchev–Trinajstić information content (AvgIpc) is 3.44. The Balaban J connectivity index is 1.44. The van der Waals surface area contributed by atoms with Gasteiger partial charge in [0.05, 0.1) is 5.52 Å². The summed E-state index contributed by atoms with van der Waals surface area (Å²) in [5.41, 5.74) is 3.39. The fraction of sp³-hybridized carbons (Fsp3) is 0.318. The van der Waals surface area contributed by atoms with Crippen molar-refractivity contribution in [2.75, 3.05) is 0 Å². The molecule has 3 heterocycles. The molecule has 0 bridgehead atoms. The van der Waals surface area contributed by atoms with Gasteiger partial charge in [0.25, 0.3) is 0 Å². The molecule has 1 fully saturated rings. The second kappa shape index (κ2) is 6.69. The van der Waals surface area contributed by atoms with Gasteiger partial charge in [0.15, 0.2) is 17.5 Å². The van der Waals surface area contributed by atoms with Crippen LogP contribution in [0.25, 0.3) is 22.7 Å². The molecule has 2 unspecified atom stereocenters. The molecule has 0 saturated heterocycles. The highest BCUT2D eigenvalue weighted by atomic mass is 19.1. The van der Waals surface area contributed by atoms with Gasteiger partial charge in [0.1, 0.15) is 11.3 Å². The Bertz CT molecular complexity index is 1180. The summed E-state index contributed by atoms with van der Waals surface area (Å²) in [4.78, 5) is 21.6. The van der Waals surface area contributed by atoms with Gasteiger partial charge in [0, 0.05) is 30.8 Å². The maximum Gasteiger partial charge on any atom is 0.197 e. The van der Waals surface area contributed by atoms with E-state index in [0.29, 0.717) is 23.1 Å². The molecule has 4 aromatic rings. The minimum atomic E-state index is -0.251. The summed E-state index contributed by atoms with van der Waals surface area (Å²) >= 11 is 0. The van der Waals surface area contributed by atoms with Gasteiger partial charge < -0.3 is 4.57 Å². The zero-order chi connectivity index (χ0) is 20.1.